The molecular formula is C32H27F2NO3S. The third-order valence-electron chi connectivity index (χ3n) is 6.92. The van der Waals surface area contributed by atoms with Gasteiger partial charge in [-0.3, -0.25) is 4.79 Å². The first kappa shape index (κ1) is 26.9. The van der Waals surface area contributed by atoms with E-state index in [0.717, 1.165) is 52.1 Å². The maximum absolute atomic E-state index is 13.6. The molecule has 0 aliphatic heterocycles. The van der Waals surface area contributed by atoms with Gasteiger partial charge in [-0.25, -0.2) is 13.8 Å². The van der Waals surface area contributed by atoms with Gasteiger partial charge in [-0.2, -0.15) is 0 Å². The zero-order valence-corrected chi connectivity index (χ0v) is 22.4. The van der Waals surface area contributed by atoms with Gasteiger partial charge in [0.2, 0.25) is 0 Å². The second-order valence-corrected chi connectivity index (χ2v) is 11.6. The number of aliphatic carboxylic acids is 1. The van der Waals surface area contributed by atoms with E-state index in [1.165, 1.54) is 0 Å². The highest BCUT2D eigenvalue weighted by Gasteiger charge is 2.44. The Kier molecular flexibility index (Phi) is 7.19. The molecule has 0 amide bonds. The van der Waals surface area contributed by atoms with Gasteiger partial charge < -0.3 is 10.2 Å². The molecule has 3 aromatic carbocycles. The van der Waals surface area contributed by atoms with Crippen LogP contribution in [0.2, 0.25) is 0 Å². The van der Waals surface area contributed by atoms with Crippen LogP contribution in [0, 0.1) is 28.9 Å². The number of hydrogen-bond acceptors (Lipinski definition) is 4. The number of pyridine rings is 1. The Hall–Kier alpha value is -3.73. The summed E-state index contributed by atoms with van der Waals surface area (Å²) in [4.78, 5) is 16.5. The Morgan fingerprint density at radius 1 is 1.00 bits per heavy atom. The molecule has 1 aromatic heterocycles. The number of fused-ring (bicyclic) bond motifs is 1. The van der Waals surface area contributed by atoms with Gasteiger partial charge in [0.1, 0.15) is 5.69 Å². The van der Waals surface area contributed by atoms with E-state index in [2.05, 4.69) is 16.8 Å². The molecule has 0 saturated heterocycles. The van der Waals surface area contributed by atoms with Crippen molar-refractivity contribution in [1.82, 2.24) is 4.98 Å². The smallest absolute Gasteiger partial charge is 0.303 e. The van der Waals surface area contributed by atoms with E-state index >= 15 is 0 Å². The maximum Gasteiger partial charge on any atom is 0.303 e. The molecule has 1 heterocycles. The summed E-state index contributed by atoms with van der Waals surface area (Å²) in [6.07, 6.45) is 2.01. The highest BCUT2D eigenvalue weighted by atomic mass is 32.2. The van der Waals surface area contributed by atoms with Crippen LogP contribution in [0.1, 0.15) is 49.9 Å². The zero-order valence-electron chi connectivity index (χ0n) is 21.6. The summed E-state index contributed by atoms with van der Waals surface area (Å²) in [6, 6.07) is 19.2. The fraction of sp³-hybridized carbons (Fsp3) is 0.250. The molecule has 0 atom stereocenters. The molecular weight excluding hydrogens is 516 g/mol. The van der Waals surface area contributed by atoms with E-state index in [4.69, 9.17) is 0 Å². The summed E-state index contributed by atoms with van der Waals surface area (Å²) in [5.41, 5.74) is 2.95. The van der Waals surface area contributed by atoms with Crippen molar-refractivity contribution in [1.29, 1.82) is 0 Å². The highest BCUT2D eigenvalue weighted by Crippen LogP contribution is 2.52. The van der Waals surface area contributed by atoms with Gasteiger partial charge in [0.25, 0.3) is 0 Å². The van der Waals surface area contributed by atoms with Crippen LogP contribution in [0.3, 0.4) is 0 Å². The Bertz CT molecular complexity index is 1650. The van der Waals surface area contributed by atoms with E-state index in [1.54, 1.807) is 37.7 Å². The van der Waals surface area contributed by atoms with Crippen LogP contribution in [-0.2, 0) is 10.4 Å². The number of carbonyl (C=O) groups is 1. The number of thioether (sulfide) groups is 1. The molecule has 1 fully saturated rings. The first-order valence-corrected chi connectivity index (χ1v) is 13.6. The lowest BCUT2D eigenvalue weighted by molar-refractivity contribution is -0.138. The molecule has 7 heteroatoms. The summed E-state index contributed by atoms with van der Waals surface area (Å²) in [6.45, 7) is 3.50. The molecule has 5 rings (SSSR count). The molecule has 39 heavy (non-hydrogen) atoms. The molecule has 1 aliphatic rings. The van der Waals surface area contributed by atoms with E-state index in [9.17, 15) is 23.8 Å². The number of aliphatic hydroxyl groups is 1. The van der Waals surface area contributed by atoms with Crippen LogP contribution in [0.4, 0.5) is 8.78 Å². The van der Waals surface area contributed by atoms with Crippen molar-refractivity contribution in [3.05, 3.63) is 95.2 Å². The molecule has 1 saturated carbocycles. The Morgan fingerprint density at radius 3 is 2.46 bits per heavy atom. The second kappa shape index (κ2) is 10.4. The van der Waals surface area contributed by atoms with E-state index in [1.807, 2.05) is 42.5 Å². The van der Waals surface area contributed by atoms with Crippen LogP contribution in [0.25, 0.3) is 22.0 Å². The van der Waals surface area contributed by atoms with Crippen molar-refractivity contribution in [3.8, 4) is 23.0 Å². The zero-order chi connectivity index (χ0) is 27.8. The number of halogens is 2. The van der Waals surface area contributed by atoms with Gasteiger partial charge in [-0.05, 0) is 97.2 Å². The fourth-order valence-corrected chi connectivity index (χ4v) is 6.00. The normalized spacial score (nSPS) is 14.1. The molecule has 2 N–H and O–H groups in total. The van der Waals surface area contributed by atoms with Crippen LogP contribution in [0.15, 0.2) is 71.6 Å². The van der Waals surface area contributed by atoms with Crippen molar-refractivity contribution >= 4 is 28.6 Å². The maximum atomic E-state index is 13.6. The summed E-state index contributed by atoms with van der Waals surface area (Å²) in [5.74, 6) is 4.17. The molecule has 0 radical (unpaired) electrons. The molecule has 0 unspecified atom stereocenters. The predicted molar refractivity (Wildman–Crippen MR) is 149 cm³/mol. The number of nitrogens with zero attached hydrogens (tertiary/aromatic N) is 1. The third kappa shape index (κ3) is 6.30. The van der Waals surface area contributed by atoms with Gasteiger partial charge in [0.15, 0.2) is 11.6 Å². The quantitative estimate of drug-likeness (QED) is 0.191. The number of carboxylic acid groups (broad SMARTS) is 1. The largest absolute Gasteiger partial charge is 0.481 e. The average Bonchev–Trinajstić information content (AvgIpc) is 3.65. The van der Waals surface area contributed by atoms with Gasteiger partial charge in [-0.1, -0.05) is 24.1 Å². The van der Waals surface area contributed by atoms with Crippen molar-refractivity contribution in [2.45, 2.75) is 43.6 Å². The highest BCUT2D eigenvalue weighted by molar-refractivity contribution is 7.99. The van der Waals surface area contributed by atoms with Crippen LogP contribution in [-0.4, -0.2) is 26.9 Å². The molecule has 4 aromatic rings. The minimum Gasteiger partial charge on any atom is -0.481 e. The molecule has 0 spiro atoms. The van der Waals surface area contributed by atoms with Crippen LogP contribution < -0.4 is 0 Å². The van der Waals surface area contributed by atoms with Crippen LogP contribution in [0.5, 0.6) is 0 Å². The minimum atomic E-state index is -1.08. The standard InChI is InChI=1S/C32H27F2NO3S/c1-31(2,38)25-15-22(8-11-29(25)39-19-32(12-13-32)18-30(36)37)21-5-3-4-20(14-21)6-9-24-10-7-23-16-26(33)27(34)17-28(23)35-24/h3-5,7-8,10-11,14-17,38H,12-13,18-19H2,1-2H3,(H,36,37). The Balaban J connectivity index is 1.40. The van der Waals surface area contributed by atoms with E-state index in [0.29, 0.717) is 22.3 Å². The van der Waals surface area contributed by atoms with Gasteiger partial charge in [0, 0.05) is 27.7 Å². The topological polar surface area (TPSA) is 70.4 Å². The minimum absolute atomic E-state index is 0.150. The average molecular weight is 544 g/mol. The monoisotopic (exact) mass is 543 g/mol. The third-order valence-corrected chi connectivity index (χ3v) is 8.34. The Morgan fingerprint density at radius 2 is 1.74 bits per heavy atom. The summed E-state index contributed by atoms with van der Waals surface area (Å²) in [7, 11) is 0. The fourth-order valence-electron chi connectivity index (χ4n) is 4.51. The van der Waals surface area contributed by atoms with Crippen LogP contribution >= 0.6 is 11.8 Å². The summed E-state index contributed by atoms with van der Waals surface area (Å²) in [5, 5.41) is 20.7. The second-order valence-electron chi connectivity index (χ2n) is 10.6. The van der Waals surface area contributed by atoms with Crippen molar-refractivity contribution in [3.63, 3.8) is 0 Å². The Labute approximate surface area is 230 Å². The number of aromatic nitrogens is 1. The van der Waals surface area contributed by atoms with Gasteiger partial charge >= 0.3 is 5.97 Å². The number of hydrogen-bond donors (Lipinski definition) is 2. The van der Waals surface area contributed by atoms with Gasteiger partial charge in [-0.15, -0.1) is 11.8 Å². The summed E-state index contributed by atoms with van der Waals surface area (Å²) >= 11 is 1.60. The van der Waals surface area contributed by atoms with Crippen molar-refractivity contribution < 1.29 is 23.8 Å². The number of benzene rings is 3. The van der Waals surface area contributed by atoms with Crippen molar-refractivity contribution in [2.24, 2.45) is 5.41 Å². The lowest BCUT2D eigenvalue weighted by Crippen LogP contribution is -2.17. The van der Waals surface area contributed by atoms with E-state index < -0.39 is 23.2 Å². The molecule has 0 bridgehead atoms. The predicted octanol–water partition coefficient (Wildman–Crippen LogP) is 7.15. The number of carboxylic acids is 1. The lowest BCUT2D eigenvalue weighted by atomic mass is 9.93. The van der Waals surface area contributed by atoms with Crippen molar-refractivity contribution in [2.75, 3.05) is 5.75 Å². The SMILES string of the molecule is CC(C)(O)c1cc(-c2cccc(C#Cc3ccc4cc(F)c(F)cc4n3)c2)ccc1SCC1(CC(=O)O)CC1. The molecule has 4 nitrogen and oxygen atoms in total. The van der Waals surface area contributed by atoms with Gasteiger partial charge in [0.05, 0.1) is 17.5 Å². The number of rotatable bonds is 7. The molecule has 1 aliphatic carbocycles. The molecule has 198 valence electrons. The lowest BCUT2D eigenvalue weighted by Gasteiger charge is -2.23. The summed E-state index contributed by atoms with van der Waals surface area (Å²) < 4.78 is 27.1. The van der Waals surface area contributed by atoms with E-state index in [-0.39, 0.29) is 11.8 Å². The first-order valence-electron chi connectivity index (χ1n) is 12.6. The first-order chi connectivity index (χ1) is 18.5.